The highest BCUT2D eigenvalue weighted by Gasteiger charge is 2.34. The normalized spacial score (nSPS) is 16.0. The summed E-state index contributed by atoms with van der Waals surface area (Å²) in [6.45, 7) is 6.38. The first-order chi connectivity index (χ1) is 17.5. The number of sulfonamides is 1. The van der Waals surface area contributed by atoms with Gasteiger partial charge in [0.05, 0.1) is 18.2 Å². The van der Waals surface area contributed by atoms with Gasteiger partial charge in [0, 0.05) is 19.0 Å². The van der Waals surface area contributed by atoms with Crippen LogP contribution < -0.4 is 10.5 Å². The van der Waals surface area contributed by atoms with Crippen LogP contribution in [0.2, 0.25) is 5.02 Å². The van der Waals surface area contributed by atoms with Crippen molar-refractivity contribution in [3.8, 4) is 0 Å². The second-order valence-corrected chi connectivity index (χ2v) is 10.7. The molecule has 0 unspecified atom stereocenters. The Hall–Kier alpha value is -3.13. The third kappa shape index (κ3) is 5.59. The summed E-state index contributed by atoms with van der Waals surface area (Å²) in [4.78, 5) is 30.1. The number of nitrogens with zero attached hydrogens (tertiary/aromatic N) is 3. The molecule has 2 aromatic heterocycles. The maximum atomic E-state index is 14.9. The Bertz CT molecular complexity index is 1480. The number of benzene rings is 1. The minimum Gasteiger partial charge on any atom is -0.391 e. The van der Waals surface area contributed by atoms with Gasteiger partial charge in [0.2, 0.25) is 5.89 Å². The van der Waals surface area contributed by atoms with Crippen LogP contribution >= 0.6 is 11.6 Å². The first-order valence-corrected chi connectivity index (χ1v) is 13.2. The number of amides is 1. The summed E-state index contributed by atoms with van der Waals surface area (Å²) < 4.78 is 54.5. The van der Waals surface area contributed by atoms with Crippen LogP contribution in [0, 0.1) is 19.7 Å². The van der Waals surface area contributed by atoms with E-state index in [1.807, 2.05) is 0 Å². The zero-order chi connectivity index (χ0) is 26.9. The Labute approximate surface area is 217 Å². The van der Waals surface area contributed by atoms with E-state index in [9.17, 15) is 22.4 Å². The molecule has 11 nitrogen and oxygen atoms in total. The number of halogens is 2. The highest BCUT2D eigenvalue weighted by atomic mass is 35.5. The van der Waals surface area contributed by atoms with E-state index in [0.29, 0.717) is 31.9 Å². The molecule has 2 atom stereocenters. The molecule has 0 saturated carbocycles. The van der Waals surface area contributed by atoms with Crippen molar-refractivity contribution in [3.63, 3.8) is 0 Å². The molecule has 2 N–H and O–H groups in total. The molecule has 0 aliphatic carbocycles. The van der Waals surface area contributed by atoms with E-state index >= 15 is 0 Å². The second-order valence-electron chi connectivity index (χ2n) is 8.63. The van der Waals surface area contributed by atoms with Crippen LogP contribution in [0.5, 0.6) is 0 Å². The number of H-pyrrole nitrogens is 1. The highest BCUT2D eigenvalue weighted by Crippen LogP contribution is 2.35. The predicted octanol–water partition coefficient (Wildman–Crippen LogP) is 2.46. The lowest BCUT2D eigenvalue weighted by Gasteiger charge is -2.27. The summed E-state index contributed by atoms with van der Waals surface area (Å²) in [7, 11) is -4.44. The van der Waals surface area contributed by atoms with Crippen molar-refractivity contribution in [2.45, 2.75) is 37.8 Å². The number of carbonyl (C=O) groups excluding carboxylic acids is 1. The molecule has 198 valence electrons. The molecule has 3 aromatic rings. The fourth-order valence-corrected chi connectivity index (χ4v) is 5.54. The molecular weight excluding hydrogens is 529 g/mol. The molecular formula is C23H25ClFN5O6S. The molecule has 0 bridgehead atoms. The summed E-state index contributed by atoms with van der Waals surface area (Å²) >= 11 is 6.18. The summed E-state index contributed by atoms with van der Waals surface area (Å²) in [6.07, 6.45) is 0. The molecule has 1 aliphatic heterocycles. The zero-order valence-corrected chi connectivity index (χ0v) is 21.8. The number of aromatic amines is 1. The fraction of sp³-hybridized carbons (Fsp3) is 0.391. The lowest BCUT2D eigenvalue weighted by molar-refractivity contribution is 0.0298. The monoisotopic (exact) mass is 553 g/mol. The first kappa shape index (κ1) is 26.9. The van der Waals surface area contributed by atoms with Gasteiger partial charge < -0.3 is 14.1 Å². The standard InChI is InChI=1S/C23H25ClFN5O6S/c1-12-4-6-16(25)18(13(12)2)14(3)19(21-27-28-23(32)36-21)29-37(33,34)17-7-5-15(24)20(26-17)22(31)30-8-10-35-11-9-30/h4-7,14,19,29H,8-11H2,1-3H3,(H,28,32)/t14-,19+/m1/s1. The molecule has 14 heteroatoms. The van der Waals surface area contributed by atoms with Crippen molar-refractivity contribution in [3.05, 3.63) is 73.9 Å². The number of nitrogens with one attached hydrogen (secondary N) is 2. The first-order valence-electron chi connectivity index (χ1n) is 11.4. The van der Waals surface area contributed by atoms with Gasteiger partial charge >= 0.3 is 5.76 Å². The Morgan fingerprint density at radius 3 is 2.57 bits per heavy atom. The SMILES string of the molecule is Cc1ccc(F)c([C@@H](C)[C@H](NS(=O)(=O)c2ccc(Cl)c(C(=O)N3CCOCC3)n2)c2n[nH]c(=O)o2)c1C. The fourth-order valence-electron chi connectivity index (χ4n) is 4.14. The van der Waals surface area contributed by atoms with E-state index in [4.69, 9.17) is 20.8 Å². The molecule has 1 aromatic carbocycles. The van der Waals surface area contributed by atoms with Gasteiger partial charge in [-0.1, -0.05) is 24.6 Å². The topological polar surface area (TPSA) is 147 Å². The summed E-state index contributed by atoms with van der Waals surface area (Å²) in [5.74, 6) is -3.15. The Morgan fingerprint density at radius 1 is 1.22 bits per heavy atom. The number of aromatic nitrogens is 3. The van der Waals surface area contributed by atoms with Crippen LogP contribution in [0.4, 0.5) is 4.39 Å². The van der Waals surface area contributed by atoms with Crippen LogP contribution in [0.25, 0.3) is 0 Å². The third-order valence-corrected chi connectivity index (χ3v) is 7.93. The third-order valence-electron chi connectivity index (χ3n) is 6.29. The molecule has 1 amide bonds. The molecule has 37 heavy (non-hydrogen) atoms. The van der Waals surface area contributed by atoms with E-state index in [2.05, 4.69) is 19.9 Å². The van der Waals surface area contributed by atoms with Crippen molar-refractivity contribution in [2.75, 3.05) is 26.3 Å². The molecule has 3 heterocycles. The lowest BCUT2D eigenvalue weighted by Crippen LogP contribution is -2.41. The van der Waals surface area contributed by atoms with Gasteiger partial charge in [0.15, 0.2) is 5.03 Å². The van der Waals surface area contributed by atoms with Gasteiger partial charge in [0.25, 0.3) is 15.9 Å². The van der Waals surface area contributed by atoms with E-state index in [1.165, 1.54) is 17.0 Å². The number of hydrogen-bond acceptors (Lipinski definition) is 8. The number of carbonyl (C=O) groups is 1. The van der Waals surface area contributed by atoms with Crippen LogP contribution in [0.15, 0.2) is 38.5 Å². The van der Waals surface area contributed by atoms with Crippen LogP contribution in [-0.2, 0) is 14.8 Å². The zero-order valence-electron chi connectivity index (χ0n) is 20.2. The molecule has 1 saturated heterocycles. The Kier molecular flexibility index (Phi) is 7.78. The molecule has 1 fully saturated rings. The van der Waals surface area contributed by atoms with Gasteiger partial charge in [-0.25, -0.2) is 27.7 Å². The Morgan fingerprint density at radius 2 is 1.92 bits per heavy atom. The second kappa shape index (κ2) is 10.7. The number of morpholine rings is 1. The van der Waals surface area contributed by atoms with Gasteiger partial charge in [-0.3, -0.25) is 4.79 Å². The molecule has 0 spiro atoms. The van der Waals surface area contributed by atoms with E-state index in [0.717, 1.165) is 11.6 Å². The van der Waals surface area contributed by atoms with E-state index in [-0.39, 0.29) is 22.2 Å². The van der Waals surface area contributed by atoms with E-state index in [1.54, 1.807) is 26.8 Å². The number of aryl methyl sites for hydroxylation is 1. The van der Waals surface area contributed by atoms with Crippen molar-refractivity contribution in [1.29, 1.82) is 0 Å². The number of rotatable bonds is 7. The number of ether oxygens (including phenoxy) is 1. The summed E-state index contributed by atoms with van der Waals surface area (Å²) in [5.41, 5.74) is 1.39. The minimum absolute atomic E-state index is 0.0175. The van der Waals surface area contributed by atoms with Crippen molar-refractivity contribution in [2.24, 2.45) is 0 Å². The molecule has 1 aliphatic rings. The van der Waals surface area contributed by atoms with Gasteiger partial charge in [0.1, 0.15) is 17.6 Å². The van der Waals surface area contributed by atoms with Crippen LogP contribution in [0.1, 0.15) is 52.0 Å². The maximum absolute atomic E-state index is 14.9. The van der Waals surface area contributed by atoms with E-state index < -0.39 is 44.5 Å². The van der Waals surface area contributed by atoms with Crippen molar-refractivity contribution in [1.82, 2.24) is 24.8 Å². The predicted molar refractivity (Wildman–Crippen MR) is 130 cm³/mol. The lowest BCUT2D eigenvalue weighted by atomic mass is 9.88. The summed E-state index contributed by atoms with van der Waals surface area (Å²) in [5, 5.41) is 5.36. The molecule has 0 radical (unpaired) electrons. The van der Waals surface area contributed by atoms with Crippen molar-refractivity contribution < 1.29 is 26.8 Å². The number of pyridine rings is 1. The van der Waals surface area contributed by atoms with Crippen LogP contribution in [-0.4, -0.2) is 60.7 Å². The van der Waals surface area contributed by atoms with Crippen LogP contribution in [0.3, 0.4) is 0 Å². The van der Waals surface area contributed by atoms with Crippen molar-refractivity contribution >= 4 is 27.5 Å². The van der Waals surface area contributed by atoms with Gasteiger partial charge in [-0.2, -0.15) is 4.72 Å². The molecule has 4 rings (SSSR count). The van der Waals surface area contributed by atoms with Gasteiger partial charge in [-0.05, 0) is 48.7 Å². The summed E-state index contributed by atoms with van der Waals surface area (Å²) in [6, 6.07) is 4.00. The highest BCUT2D eigenvalue weighted by molar-refractivity contribution is 7.89. The minimum atomic E-state index is -4.44. The quantitative estimate of drug-likeness (QED) is 0.453. The maximum Gasteiger partial charge on any atom is 0.434 e. The van der Waals surface area contributed by atoms with Gasteiger partial charge in [-0.15, -0.1) is 5.10 Å². The Balaban J connectivity index is 1.72. The smallest absolute Gasteiger partial charge is 0.391 e. The average Bonchev–Trinajstić information content (AvgIpc) is 3.31. The largest absolute Gasteiger partial charge is 0.434 e. The average molecular weight is 554 g/mol. The number of hydrogen-bond donors (Lipinski definition) is 2.